The molecule has 8 heteroatoms. The highest BCUT2D eigenvalue weighted by atomic mass is 35.5. The lowest BCUT2D eigenvalue weighted by Crippen LogP contribution is -2.52. The Bertz CT molecular complexity index is 679. The number of benzene rings is 1. The molecule has 1 aliphatic carbocycles. The third-order valence-electron chi connectivity index (χ3n) is 5.70. The molecule has 2 fully saturated rings. The van der Waals surface area contributed by atoms with Crippen molar-refractivity contribution in [3.05, 3.63) is 29.3 Å². The van der Waals surface area contributed by atoms with E-state index in [9.17, 15) is 14.7 Å². The van der Waals surface area contributed by atoms with Crippen LogP contribution in [0.4, 0.5) is 10.5 Å². The van der Waals surface area contributed by atoms with E-state index in [2.05, 4.69) is 16.0 Å². The van der Waals surface area contributed by atoms with Gasteiger partial charge in [0.1, 0.15) is 6.10 Å². The van der Waals surface area contributed by atoms with Gasteiger partial charge in [-0.15, -0.1) is 0 Å². The van der Waals surface area contributed by atoms with Crippen molar-refractivity contribution < 1.29 is 19.4 Å². The Kier molecular flexibility index (Phi) is 8.15. The van der Waals surface area contributed by atoms with Gasteiger partial charge in [-0.2, -0.15) is 0 Å². The lowest BCUT2D eigenvalue weighted by atomic mass is 9.96. The molecule has 3 amide bonds. The van der Waals surface area contributed by atoms with Crippen LogP contribution in [-0.2, 0) is 9.53 Å². The molecule has 0 spiro atoms. The molecule has 0 unspecified atom stereocenters. The van der Waals surface area contributed by atoms with Crippen molar-refractivity contribution in [3.63, 3.8) is 0 Å². The van der Waals surface area contributed by atoms with Crippen LogP contribution < -0.4 is 16.0 Å². The maximum Gasteiger partial charge on any atom is 0.319 e. The molecule has 4 N–H and O–H groups in total. The first-order chi connectivity index (χ1) is 14.0. The van der Waals surface area contributed by atoms with Crippen LogP contribution in [0.15, 0.2) is 24.3 Å². The first-order valence-electron chi connectivity index (χ1n) is 10.4. The summed E-state index contributed by atoms with van der Waals surface area (Å²) in [6, 6.07) is 6.46. The van der Waals surface area contributed by atoms with Gasteiger partial charge in [-0.3, -0.25) is 4.79 Å². The van der Waals surface area contributed by atoms with E-state index in [4.69, 9.17) is 16.3 Å². The summed E-state index contributed by atoms with van der Waals surface area (Å²) in [5.41, 5.74) is 0.669. The van der Waals surface area contributed by atoms with E-state index in [1.807, 2.05) is 0 Å². The van der Waals surface area contributed by atoms with Gasteiger partial charge >= 0.3 is 6.03 Å². The fourth-order valence-corrected chi connectivity index (χ4v) is 4.18. The number of hydrogen-bond acceptors (Lipinski definition) is 4. The summed E-state index contributed by atoms with van der Waals surface area (Å²) in [4.78, 5) is 24.3. The molecule has 1 saturated carbocycles. The predicted octanol–water partition coefficient (Wildman–Crippen LogP) is 3.07. The number of rotatable bonds is 7. The summed E-state index contributed by atoms with van der Waals surface area (Å²) in [7, 11) is 0. The van der Waals surface area contributed by atoms with Gasteiger partial charge in [-0.25, -0.2) is 4.79 Å². The van der Waals surface area contributed by atoms with E-state index < -0.39 is 6.10 Å². The van der Waals surface area contributed by atoms with Gasteiger partial charge in [0, 0.05) is 23.2 Å². The predicted molar refractivity (Wildman–Crippen MR) is 112 cm³/mol. The number of carbonyl (C=O) groups is 2. The number of nitrogens with one attached hydrogen (secondary N) is 3. The summed E-state index contributed by atoms with van der Waals surface area (Å²) in [5.74, 6) is 0.198. The molecule has 0 aromatic heterocycles. The van der Waals surface area contributed by atoms with Crippen molar-refractivity contribution >= 4 is 29.2 Å². The van der Waals surface area contributed by atoms with Crippen LogP contribution in [0.3, 0.4) is 0 Å². The zero-order valence-corrected chi connectivity index (χ0v) is 17.3. The van der Waals surface area contributed by atoms with Crippen molar-refractivity contribution in [1.29, 1.82) is 0 Å². The van der Waals surface area contributed by atoms with Crippen molar-refractivity contribution in [1.82, 2.24) is 10.6 Å². The number of hydrogen-bond donors (Lipinski definition) is 4. The normalized spacial score (nSPS) is 24.8. The number of anilines is 1. The van der Waals surface area contributed by atoms with Crippen LogP contribution in [0, 0.1) is 5.92 Å². The van der Waals surface area contributed by atoms with Gasteiger partial charge in [0.25, 0.3) is 0 Å². The molecule has 0 radical (unpaired) electrons. The topological polar surface area (TPSA) is 99.7 Å². The maximum atomic E-state index is 12.4. The van der Waals surface area contributed by atoms with Gasteiger partial charge in [0.05, 0.1) is 18.8 Å². The molecule has 1 aromatic rings. The van der Waals surface area contributed by atoms with Crippen molar-refractivity contribution in [2.24, 2.45) is 5.92 Å². The highest BCUT2D eigenvalue weighted by Crippen LogP contribution is 2.27. The summed E-state index contributed by atoms with van der Waals surface area (Å²) < 4.78 is 5.97. The lowest BCUT2D eigenvalue weighted by Gasteiger charge is -2.36. The van der Waals surface area contributed by atoms with E-state index in [0.717, 1.165) is 38.5 Å². The fraction of sp³-hybridized carbons (Fsp3) is 0.619. The molecule has 1 heterocycles. The second-order valence-electron chi connectivity index (χ2n) is 7.83. The average molecular weight is 424 g/mol. The van der Waals surface area contributed by atoms with Gasteiger partial charge in [0.2, 0.25) is 5.91 Å². The van der Waals surface area contributed by atoms with Crippen LogP contribution >= 0.6 is 11.6 Å². The second kappa shape index (κ2) is 10.8. The van der Waals surface area contributed by atoms with E-state index >= 15 is 0 Å². The quantitative estimate of drug-likeness (QED) is 0.541. The highest BCUT2D eigenvalue weighted by molar-refractivity contribution is 6.30. The standard InChI is InChI=1S/C21H30ClN3O4/c22-15-5-7-16(8-6-15)24-21(28)23-12-11-17-9-10-18(19(13-26)29-17)25-20(27)14-3-1-2-4-14/h5-8,14,17-19,26H,1-4,9-13H2,(H,25,27)(H2,23,24,28)/t17-,18-,19+/m1/s1. The summed E-state index contributed by atoms with van der Waals surface area (Å²) in [6.07, 6.45) is 5.88. The maximum absolute atomic E-state index is 12.4. The summed E-state index contributed by atoms with van der Waals surface area (Å²) in [5, 5.41) is 18.9. The van der Waals surface area contributed by atoms with Crippen molar-refractivity contribution in [2.75, 3.05) is 18.5 Å². The van der Waals surface area contributed by atoms with Gasteiger partial charge in [-0.1, -0.05) is 24.4 Å². The number of aliphatic hydroxyl groups is 1. The molecule has 7 nitrogen and oxygen atoms in total. The van der Waals surface area contributed by atoms with E-state index in [1.165, 1.54) is 0 Å². The first-order valence-corrected chi connectivity index (χ1v) is 10.8. The number of aliphatic hydroxyl groups excluding tert-OH is 1. The molecule has 160 valence electrons. The molecule has 1 saturated heterocycles. The van der Waals surface area contributed by atoms with Crippen LogP contribution in [0.5, 0.6) is 0 Å². The SMILES string of the molecule is O=C(NCC[C@H]1CC[C@@H](NC(=O)C2CCCC2)[C@H](CO)O1)Nc1ccc(Cl)cc1. The number of carbonyl (C=O) groups excluding carboxylic acids is 2. The van der Waals surface area contributed by atoms with Gasteiger partial charge in [-0.05, 0) is 56.4 Å². The van der Waals surface area contributed by atoms with E-state index in [-0.39, 0.29) is 36.6 Å². The zero-order chi connectivity index (χ0) is 20.6. The van der Waals surface area contributed by atoms with Gasteiger partial charge < -0.3 is 25.8 Å². The Hall–Kier alpha value is -1.83. The van der Waals surface area contributed by atoms with E-state index in [0.29, 0.717) is 23.7 Å². The van der Waals surface area contributed by atoms with Crippen LogP contribution in [0.1, 0.15) is 44.9 Å². The monoisotopic (exact) mass is 423 g/mol. The number of halogens is 1. The van der Waals surface area contributed by atoms with E-state index in [1.54, 1.807) is 24.3 Å². The molecule has 0 bridgehead atoms. The Labute approximate surface area is 176 Å². The van der Waals surface area contributed by atoms with Crippen LogP contribution in [0.25, 0.3) is 0 Å². The van der Waals surface area contributed by atoms with Crippen molar-refractivity contribution in [2.45, 2.75) is 63.2 Å². The smallest absolute Gasteiger partial charge is 0.319 e. The Balaban J connectivity index is 1.37. The van der Waals surface area contributed by atoms with Crippen LogP contribution in [-0.4, -0.2) is 48.4 Å². The van der Waals surface area contributed by atoms with Crippen molar-refractivity contribution in [3.8, 4) is 0 Å². The number of amides is 3. The summed E-state index contributed by atoms with van der Waals surface area (Å²) in [6.45, 7) is 0.331. The largest absolute Gasteiger partial charge is 0.394 e. The zero-order valence-electron chi connectivity index (χ0n) is 16.5. The third-order valence-corrected chi connectivity index (χ3v) is 5.96. The number of ether oxygens (including phenoxy) is 1. The molecule has 1 aromatic carbocycles. The molecule has 1 aliphatic heterocycles. The van der Waals surface area contributed by atoms with Crippen LogP contribution in [0.2, 0.25) is 5.02 Å². The minimum absolute atomic E-state index is 0.0531. The molecule has 2 aliphatic rings. The third kappa shape index (κ3) is 6.59. The Morgan fingerprint density at radius 3 is 2.52 bits per heavy atom. The summed E-state index contributed by atoms with van der Waals surface area (Å²) >= 11 is 5.83. The second-order valence-corrected chi connectivity index (χ2v) is 8.27. The van der Waals surface area contributed by atoms with Gasteiger partial charge in [0.15, 0.2) is 0 Å². The Morgan fingerprint density at radius 1 is 1.10 bits per heavy atom. The lowest BCUT2D eigenvalue weighted by molar-refractivity contribution is -0.131. The molecule has 3 atom stereocenters. The first kappa shape index (κ1) is 21.9. The Morgan fingerprint density at radius 2 is 1.83 bits per heavy atom. The molecular formula is C21H30ClN3O4. The fourth-order valence-electron chi connectivity index (χ4n) is 4.05. The minimum atomic E-state index is -0.401. The number of urea groups is 1. The molecule has 29 heavy (non-hydrogen) atoms. The molecular weight excluding hydrogens is 394 g/mol. The average Bonchev–Trinajstić information content (AvgIpc) is 3.26. The minimum Gasteiger partial charge on any atom is -0.394 e. The highest BCUT2D eigenvalue weighted by Gasteiger charge is 2.33. The molecule has 3 rings (SSSR count).